The molecule has 3 saturated heterocycles. The fourth-order valence-corrected chi connectivity index (χ4v) is 7.85. The maximum absolute atomic E-state index is 13.4. The molecule has 2 aromatic rings. The minimum absolute atomic E-state index is 0. The van der Waals surface area contributed by atoms with Crippen molar-refractivity contribution in [2.45, 2.75) is 69.2 Å². The van der Waals surface area contributed by atoms with Crippen LogP contribution in [0.4, 0.5) is 5.69 Å². The molecular formula is C32H47N4O4SY-. The molecular weight excluding hydrogens is 625 g/mol. The van der Waals surface area contributed by atoms with Crippen LogP contribution in [0.5, 0.6) is 0 Å². The van der Waals surface area contributed by atoms with Gasteiger partial charge in [0, 0.05) is 83.6 Å². The zero-order valence-electron chi connectivity index (χ0n) is 25.0. The van der Waals surface area contributed by atoms with Gasteiger partial charge in [-0.2, -0.15) is 4.31 Å². The van der Waals surface area contributed by atoms with E-state index in [0.717, 1.165) is 62.1 Å². The number of benzene rings is 2. The zero-order valence-corrected chi connectivity index (χ0v) is 28.7. The van der Waals surface area contributed by atoms with Crippen LogP contribution in [0.1, 0.15) is 57.4 Å². The van der Waals surface area contributed by atoms with Crippen LogP contribution in [0.15, 0.2) is 59.5 Å². The normalized spacial score (nSPS) is 20.6. The maximum Gasteiger partial charge on any atom is 0.243 e. The third-order valence-corrected chi connectivity index (χ3v) is 10.5. The average molecular weight is 673 g/mol. The van der Waals surface area contributed by atoms with Gasteiger partial charge in [0.05, 0.1) is 4.90 Å². The number of piperidine rings is 3. The molecule has 1 amide bonds. The topological polar surface area (TPSA) is 104 Å². The summed E-state index contributed by atoms with van der Waals surface area (Å²) in [6, 6.07) is 17.2. The van der Waals surface area contributed by atoms with Crippen LogP contribution < -0.4 is 10.2 Å². The number of carbonyl (C=O) groups excluding carboxylic acids is 1. The monoisotopic (exact) mass is 672 g/mol. The van der Waals surface area contributed by atoms with Crippen molar-refractivity contribution >= 4 is 21.6 Å². The molecule has 2 N–H and O–H groups in total. The van der Waals surface area contributed by atoms with Crippen LogP contribution in [0.25, 0.3) is 5.32 Å². The summed E-state index contributed by atoms with van der Waals surface area (Å²) in [7, 11) is -3.60. The number of rotatable bonds is 8. The van der Waals surface area contributed by atoms with Crippen molar-refractivity contribution in [1.29, 1.82) is 0 Å². The van der Waals surface area contributed by atoms with Gasteiger partial charge in [0.2, 0.25) is 15.9 Å². The van der Waals surface area contributed by atoms with E-state index < -0.39 is 10.0 Å². The standard InChI is InChI=1S/C30H41N4O3S.C2H6O.Y/c35-30(13-8-24-5-2-1-3-6-24)32-27-7-4-20-34(23-27)38(36,37)29-11-9-28(10-12-29)33-21-16-26(17-22-33)25-14-18-31-19-15-25;1-2-3;/h1-3,5-6,9-12,25-27H,4,7-8,13-23H2,(H,32,35);3H,2H2,1H3;/q-1;;. The van der Waals surface area contributed by atoms with E-state index in [-0.39, 0.29) is 51.3 Å². The fourth-order valence-electron chi connectivity index (χ4n) is 6.33. The number of carbonyl (C=O) groups is 1. The first-order chi connectivity index (χ1) is 19.9. The zero-order chi connectivity index (χ0) is 29.1. The number of nitrogens with one attached hydrogen (secondary N) is 1. The van der Waals surface area contributed by atoms with Crippen LogP contribution in [-0.2, 0) is 53.9 Å². The Kier molecular flexibility index (Phi) is 14.9. The van der Waals surface area contributed by atoms with E-state index in [0.29, 0.717) is 30.8 Å². The Morgan fingerprint density at radius 2 is 1.55 bits per heavy atom. The van der Waals surface area contributed by atoms with Gasteiger partial charge in [-0.3, -0.25) is 4.79 Å². The van der Waals surface area contributed by atoms with Crippen LogP contribution in [0.2, 0.25) is 0 Å². The molecule has 2 aromatic carbocycles. The number of aliphatic hydroxyl groups excluding tert-OH is 1. The molecule has 229 valence electrons. The second-order valence-corrected chi connectivity index (χ2v) is 13.3. The summed E-state index contributed by atoms with van der Waals surface area (Å²) in [5.74, 6) is 1.60. The van der Waals surface area contributed by atoms with E-state index in [1.54, 1.807) is 19.1 Å². The Morgan fingerprint density at radius 1 is 0.929 bits per heavy atom. The van der Waals surface area contributed by atoms with Gasteiger partial charge in [-0.05, 0) is 80.7 Å². The first-order valence-corrected chi connectivity index (χ1v) is 16.8. The summed E-state index contributed by atoms with van der Waals surface area (Å²) in [5, 5.41) is 15.1. The number of sulfonamides is 1. The van der Waals surface area contributed by atoms with Crippen molar-refractivity contribution in [2.75, 3.05) is 50.8 Å². The minimum atomic E-state index is -3.60. The third-order valence-electron chi connectivity index (χ3n) is 8.59. The molecule has 0 aromatic heterocycles. The van der Waals surface area contributed by atoms with Gasteiger partial charge in [-0.1, -0.05) is 43.2 Å². The molecule has 1 atom stereocenters. The van der Waals surface area contributed by atoms with Crippen molar-refractivity contribution in [3.8, 4) is 0 Å². The van der Waals surface area contributed by atoms with Gasteiger partial charge in [0.15, 0.2) is 0 Å². The van der Waals surface area contributed by atoms with Crippen molar-refractivity contribution in [3.63, 3.8) is 0 Å². The summed E-state index contributed by atoms with van der Waals surface area (Å²) in [5.41, 5.74) is 2.23. The molecule has 42 heavy (non-hydrogen) atoms. The Balaban J connectivity index is 0.00000116. The molecule has 0 bridgehead atoms. The predicted octanol–water partition coefficient (Wildman–Crippen LogP) is 4.58. The van der Waals surface area contributed by atoms with Gasteiger partial charge in [0.25, 0.3) is 0 Å². The quantitative estimate of drug-likeness (QED) is 0.428. The van der Waals surface area contributed by atoms with E-state index >= 15 is 0 Å². The number of anilines is 1. The van der Waals surface area contributed by atoms with Crippen LogP contribution in [0.3, 0.4) is 0 Å². The summed E-state index contributed by atoms with van der Waals surface area (Å²) in [6.45, 7) is 6.86. The van der Waals surface area contributed by atoms with Gasteiger partial charge >= 0.3 is 0 Å². The Hall–Kier alpha value is -1.36. The predicted molar refractivity (Wildman–Crippen MR) is 165 cm³/mol. The third kappa shape index (κ3) is 10.1. The first-order valence-electron chi connectivity index (χ1n) is 15.3. The van der Waals surface area contributed by atoms with E-state index in [1.807, 2.05) is 42.5 Å². The number of amides is 1. The number of hydrogen-bond donors (Lipinski definition) is 2. The van der Waals surface area contributed by atoms with E-state index in [2.05, 4.69) is 15.5 Å². The van der Waals surface area contributed by atoms with Crippen molar-refractivity contribution in [2.24, 2.45) is 11.8 Å². The number of hydrogen-bond acceptors (Lipinski definition) is 5. The number of aryl methyl sites for hydroxylation is 1. The van der Waals surface area contributed by atoms with Crippen molar-refractivity contribution in [1.82, 2.24) is 9.62 Å². The van der Waals surface area contributed by atoms with Gasteiger partial charge in [0.1, 0.15) is 0 Å². The molecule has 1 radical (unpaired) electrons. The molecule has 3 aliphatic rings. The smallest absolute Gasteiger partial charge is 0.243 e. The molecule has 0 aliphatic carbocycles. The Labute approximate surface area is 277 Å². The molecule has 0 spiro atoms. The van der Waals surface area contributed by atoms with Crippen LogP contribution >= 0.6 is 0 Å². The average Bonchev–Trinajstić information content (AvgIpc) is 3.02. The van der Waals surface area contributed by atoms with Gasteiger partial charge < -0.3 is 20.6 Å². The molecule has 3 aliphatic heterocycles. The molecule has 0 saturated carbocycles. The molecule has 3 heterocycles. The summed E-state index contributed by atoms with van der Waals surface area (Å²) in [6.07, 6.45) is 7.52. The summed E-state index contributed by atoms with van der Waals surface area (Å²) >= 11 is 0. The molecule has 8 nitrogen and oxygen atoms in total. The Bertz CT molecular complexity index is 1170. The second kappa shape index (κ2) is 17.8. The van der Waals surface area contributed by atoms with Crippen LogP contribution in [0, 0.1) is 11.8 Å². The van der Waals surface area contributed by atoms with E-state index in [4.69, 9.17) is 5.11 Å². The Morgan fingerprint density at radius 3 is 2.19 bits per heavy atom. The maximum atomic E-state index is 13.4. The molecule has 1 unspecified atom stereocenters. The fraction of sp³-hybridized carbons (Fsp3) is 0.594. The SMILES string of the molecule is CCO.O=C(CCc1ccccc1)NC1CCCN(S(=O)(=O)c2ccc(N3CCC(C4CC[N-]CC4)CC3)cc2)C1.[Y]. The van der Waals surface area contributed by atoms with Gasteiger partial charge in [-0.15, -0.1) is 13.1 Å². The minimum Gasteiger partial charge on any atom is -0.662 e. The number of aliphatic hydroxyl groups is 1. The largest absolute Gasteiger partial charge is 0.662 e. The van der Waals surface area contributed by atoms with Crippen LogP contribution in [-0.4, -0.2) is 75.7 Å². The van der Waals surface area contributed by atoms with E-state index in [1.165, 1.54) is 30.0 Å². The first kappa shape index (κ1) is 35.1. The van der Waals surface area contributed by atoms with Crippen molar-refractivity contribution in [3.05, 3.63) is 65.5 Å². The second-order valence-electron chi connectivity index (χ2n) is 11.4. The number of nitrogens with zero attached hydrogens (tertiary/aromatic N) is 3. The van der Waals surface area contributed by atoms with Crippen molar-refractivity contribution < 1.29 is 51.0 Å². The summed E-state index contributed by atoms with van der Waals surface area (Å²) < 4.78 is 28.4. The molecule has 5 rings (SSSR count). The van der Waals surface area contributed by atoms with E-state index in [9.17, 15) is 13.2 Å². The molecule has 10 heteroatoms. The molecule has 3 fully saturated rings. The van der Waals surface area contributed by atoms with Gasteiger partial charge in [-0.25, -0.2) is 8.42 Å². The summed E-state index contributed by atoms with van der Waals surface area (Å²) in [4.78, 5) is 15.2.